The van der Waals surface area contributed by atoms with Crippen LogP contribution in [0.4, 0.5) is 11.4 Å². The normalized spacial score (nSPS) is 10.7. The number of nitrogen functional groups attached to an aromatic ring is 1. The molecule has 0 radical (unpaired) electrons. The minimum absolute atomic E-state index is 0.245. The molecule has 0 saturated heterocycles. The molecular weight excluding hydrogens is 292 g/mol. The van der Waals surface area contributed by atoms with Gasteiger partial charge in [-0.05, 0) is 35.9 Å². The molecule has 5 heteroatoms. The van der Waals surface area contributed by atoms with E-state index in [2.05, 4.69) is 4.90 Å². The number of benzene rings is 2. The minimum Gasteiger partial charge on any atom is -0.508 e. The Morgan fingerprint density at radius 2 is 1.57 bits per heavy atom. The maximum Gasteiger partial charge on any atom is 0.115 e. The van der Waals surface area contributed by atoms with Crippen LogP contribution in [-0.2, 0) is 9.47 Å². The first-order valence-corrected chi connectivity index (χ1v) is 7.57. The molecule has 0 aliphatic rings. The van der Waals surface area contributed by atoms with Crippen LogP contribution in [-0.4, -0.2) is 45.6 Å². The zero-order valence-electron chi connectivity index (χ0n) is 13.7. The van der Waals surface area contributed by atoms with E-state index < -0.39 is 0 Å². The Balaban J connectivity index is 2.40. The third-order valence-electron chi connectivity index (χ3n) is 3.67. The van der Waals surface area contributed by atoms with Crippen LogP contribution >= 0.6 is 0 Å². The number of rotatable bonds is 8. The molecule has 0 amide bonds. The number of methoxy groups -OCH3 is 2. The van der Waals surface area contributed by atoms with Crippen molar-refractivity contribution in [2.45, 2.75) is 0 Å². The molecule has 23 heavy (non-hydrogen) atoms. The van der Waals surface area contributed by atoms with E-state index in [0.717, 1.165) is 29.9 Å². The number of hydrogen-bond donors (Lipinski definition) is 2. The van der Waals surface area contributed by atoms with Gasteiger partial charge in [0.15, 0.2) is 0 Å². The summed E-state index contributed by atoms with van der Waals surface area (Å²) in [5, 5.41) is 9.50. The second kappa shape index (κ2) is 8.41. The van der Waals surface area contributed by atoms with Gasteiger partial charge >= 0.3 is 0 Å². The molecule has 0 fully saturated rings. The molecule has 3 N–H and O–H groups in total. The van der Waals surface area contributed by atoms with Crippen molar-refractivity contribution in [1.82, 2.24) is 0 Å². The van der Waals surface area contributed by atoms with Crippen molar-refractivity contribution in [2.24, 2.45) is 0 Å². The van der Waals surface area contributed by atoms with Crippen molar-refractivity contribution in [3.05, 3.63) is 42.5 Å². The average Bonchev–Trinajstić information content (AvgIpc) is 2.56. The molecule has 0 bridgehead atoms. The lowest BCUT2D eigenvalue weighted by Crippen LogP contribution is -2.31. The van der Waals surface area contributed by atoms with Gasteiger partial charge in [0, 0.05) is 44.2 Å². The van der Waals surface area contributed by atoms with E-state index in [9.17, 15) is 5.11 Å². The van der Waals surface area contributed by atoms with Crippen molar-refractivity contribution in [2.75, 3.05) is 51.2 Å². The van der Waals surface area contributed by atoms with Crippen molar-refractivity contribution in [1.29, 1.82) is 0 Å². The molecule has 0 spiro atoms. The van der Waals surface area contributed by atoms with Gasteiger partial charge in [-0.2, -0.15) is 0 Å². The van der Waals surface area contributed by atoms with Gasteiger partial charge in [-0.15, -0.1) is 0 Å². The second-order valence-electron chi connectivity index (χ2n) is 5.30. The highest BCUT2D eigenvalue weighted by Gasteiger charge is 2.13. The van der Waals surface area contributed by atoms with E-state index in [1.165, 1.54) is 0 Å². The number of phenols is 1. The first kappa shape index (κ1) is 17.1. The summed E-state index contributed by atoms with van der Waals surface area (Å²) in [7, 11) is 3.39. The van der Waals surface area contributed by atoms with E-state index in [1.807, 2.05) is 30.3 Å². The van der Waals surface area contributed by atoms with Gasteiger partial charge in [-0.1, -0.05) is 12.1 Å². The highest BCUT2D eigenvalue weighted by atomic mass is 16.5. The van der Waals surface area contributed by atoms with Crippen LogP contribution in [0.2, 0.25) is 0 Å². The summed E-state index contributed by atoms with van der Waals surface area (Å²) in [6.07, 6.45) is 0. The van der Waals surface area contributed by atoms with Gasteiger partial charge < -0.3 is 25.2 Å². The SMILES string of the molecule is COCCN(CCOC)c1ccc(N)cc1-c1ccc(O)cc1. The van der Waals surface area contributed by atoms with E-state index >= 15 is 0 Å². The molecule has 2 rings (SSSR count). The smallest absolute Gasteiger partial charge is 0.115 e. The summed E-state index contributed by atoms with van der Waals surface area (Å²) in [6, 6.07) is 13.0. The minimum atomic E-state index is 0.245. The van der Waals surface area contributed by atoms with Crippen molar-refractivity contribution >= 4 is 11.4 Å². The molecule has 0 aliphatic carbocycles. The maximum absolute atomic E-state index is 9.50. The zero-order chi connectivity index (χ0) is 16.7. The molecule has 0 aliphatic heterocycles. The lowest BCUT2D eigenvalue weighted by molar-refractivity contribution is 0.190. The third-order valence-corrected chi connectivity index (χ3v) is 3.67. The fraction of sp³-hybridized carbons (Fsp3) is 0.333. The number of ether oxygens (including phenoxy) is 2. The molecule has 2 aromatic rings. The Kier molecular flexibility index (Phi) is 6.26. The predicted octanol–water partition coefficient (Wildman–Crippen LogP) is 2.74. The Morgan fingerprint density at radius 1 is 0.957 bits per heavy atom. The lowest BCUT2D eigenvalue weighted by atomic mass is 10.0. The van der Waals surface area contributed by atoms with Crippen LogP contribution in [0.15, 0.2) is 42.5 Å². The summed E-state index contributed by atoms with van der Waals surface area (Å²) in [4.78, 5) is 2.22. The van der Waals surface area contributed by atoms with Crippen LogP contribution in [0, 0.1) is 0 Å². The van der Waals surface area contributed by atoms with Crippen LogP contribution in [0.25, 0.3) is 11.1 Å². The highest BCUT2D eigenvalue weighted by Crippen LogP contribution is 2.33. The van der Waals surface area contributed by atoms with E-state index in [-0.39, 0.29) is 5.75 Å². The molecule has 0 saturated carbocycles. The molecule has 0 heterocycles. The summed E-state index contributed by atoms with van der Waals surface area (Å²) in [5.41, 5.74) is 9.78. The van der Waals surface area contributed by atoms with E-state index in [1.54, 1.807) is 26.4 Å². The fourth-order valence-corrected chi connectivity index (χ4v) is 2.46. The topological polar surface area (TPSA) is 68.0 Å². The van der Waals surface area contributed by atoms with Gasteiger partial charge in [-0.25, -0.2) is 0 Å². The Morgan fingerprint density at radius 3 is 2.13 bits per heavy atom. The van der Waals surface area contributed by atoms with Crippen molar-refractivity contribution in [3.8, 4) is 16.9 Å². The van der Waals surface area contributed by atoms with Crippen LogP contribution in [0.5, 0.6) is 5.75 Å². The van der Waals surface area contributed by atoms with Crippen LogP contribution < -0.4 is 10.6 Å². The first-order chi connectivity index (χ1) is 11.2. The standard InChI is InChI=1S/C18H24N2O3/c1-22-11-9-20(10-12-23-2)18-8-5-15(19)13-17(18)14-3-6-16(21)7-4-14/h3-8,13,21H,9-12,19H2,1-2H3. The number of nitrogens with zero attached hydrogens (tertiary/aromatic N) is 1. The number of anilines is 2. The summed E-state index contributed by atoms with van der Waals surface area (Å²) in [6.45, 7) is 2.77. The van der Waals surface area contributed by atoms with Gasteiger partial charge in [0.2, 0.25) is 0 Å². The Hall–Kier alpha value is -2.24. The molecule has 2 aromatic carbocycles. The van der Waals surface area contributed by atoms with E-state index in [0.29, 0.717) is 18.9 Å². The number of hydrogen-bond acceptors (Lipinski definition) is 5. The maximum atomic E-state index is 9.50. The van der Waals surface area contributed by atoms with Crippen LogP contribution in [0.3, 0.4) is 0 Å². The largest absolute Gasteiger partial charge is 0.508 e. The summed E-state index contributed by atoms with van der Waals surface area (Å²) in [5.74, 6) is 0.245. The zero-order valence-corrected chi connectivity index (χ0v) is 13.7. The highest BCUT2D eigenvalue weighted by molar-refractivity contribution is 5.81. The van der Waals surface area contributed by atoms with Gasteiger partial charge in [0.1, 0.15) is 5.75 Å². The molecular formula is C18H24N2O3. The van der Waals surface area contributed by atoms with Crippen molar-refractivity contribution < 1.29 is 14.6 Å². The van der Waals surface area contributed by atoms with E-state index in [4.69, 9.17) is 15.2 Å². The predicted molar refractivity (Wildman–Crippen MR) is 93.9 cm³/mol. The first-order valence-electron chi connectivity index (χ1n) is 7.57. The number of aromatic hydroxyl groups is 1. The number of phenolic OH excluding ortho intramolecular Hbond substituents is 1. The summed E-state index contributed by atoms with van der Waals surface area (Å²) < 4.78 is 10.4. The molecule has 0 aromatic heterocycles. The monoisotopic (exact) mass is 316 g/mol. The quantitative estimate of drug-likeness (QED) is 0.733. The van der Waals surface area contributed by atoms with Crippen LogP contribution in [0.1, 0.15) is 0 Å². The second-order valence-corrected chi connectivity index (χ2v) is 5.30. The van der Waals surface area contributed by atoms with Gasteiger partial charge in [0.05, 0.1) is 13.2 Å². The van der Waals surface area contributed by atoms with Gasteiger partial charge in [-0.3, -0.25) is 0 Å². The van der Waals surface area contributed by atoms with Gasteiger partial charge in [0.25, 0.3) is 0 Å². The third kappa shape index (κ3) is 4.61. The summed E-state index contributed by atoms with van der Waals surface area (Å²) >= 11 is 0. The Bertz CT molecular complexity index is 606. The molecule has 0 unspecified atom stereocenters. The molecule has 5 nitrogen and oxygen atoms in total. The Labute approximate surface area is 137 Å². The fourth-order valence-electron chi connectivity index (χ4n) is 2.46. The van der Waals surface area contributed by atoms with Crippen molar-refractivity contribution in [3.63, 3.8) is 0 Å². The lowest BCUT2D eigenvalue weighted by Gasteiger charge is -2.27. The number of nitrogens with two attached hydrogens (primary N) is 1. The molecule has 124 valence electrons. The molecule has 0 atom stereocenters. The average molecular weight is 316 g/mol.